The minimum atomic E-state index is -4.45. The second-order valence-corrected chi connectivity index (χ2v) is 6.07. The quantitative estimate of drug-likeness (QED) is 0.605. The van der Waals surface area contributed by atoms with Crippen molar-refractivity contribution in [3.63, 3.8) is 0 Å². The fourth-order valence-corrected chi connectivity index (χ4v) is 2.24. The van der Waals surface area contributed by atoms with Gasteiger partial charge in [-0.05, 0) is 44.2 Å². The molecular formula is C18H18F3N5O2. The van der Waals surface area contributed by atoms with Crippen LogP contribution in [0.25, 0.3) is 0 Å². The van der Waals surface area contributed by atoms with Gasteiger partial charge in [0.25, 0.3) is 0 Å². The van der Waals surface area contributed by atoms with Gasteiger partial charge in [-0.1, -0.05) is 6.07 Å². The highest BCUT2D eigenvalue weighted by Crippen LogP contribution is 2.31. The van der Waals surface area contributed by atoms with E-state index in [-0.39, 0.29) is 29.7 Å². The van der Waals surface area contributed by atoms with Crippen LogP contribution >= 0.6 is 0 Å². The molecule has 2 N–H and O–H groups in total. The molecule has 2 heterocycles. The van der Waals surface area contributed by atoms with Gasteiger partial charge in [-0.2, -0.15) is 28.1 Å². The molecule has 0 aliphatic carbocycles. The summed E-state index contributed by atoms with van der Waals surface area (Å²) >= 11 is 0. The minimum Gasteiger partial charge on any atom is -0.467 e. The standard InChI is InChI=1S/C18H18F3N5O2/c1-11(2)28-17-25-15(22-10-14-7-4-8-27-14)24-16(26-17)23-13-6-3-5-12(9-13)18(19,20)21/h3-9,11H,10H2,1-2H3,(H2,22,23,24,25,26). The highest BCUT2D eigenvalue weighted by Gasteiger charge is 2.30. The summed E-state index contributed by atoms with van der Waals surface area (Å²) in [5.74, 6) is 0.905. The van der Waals surface area contributed by atoms with E-state index in [1.165, 1.54) is 12.1 Å². The van der Waals surface area contributed by atoms with Gasteiger partial charge in [0.15, 0.2) is 0 Å². The molecule has 0 fully saturated rings. The van der Waals surface area contributed by atoms with Crippen LogP contribution in [0.3, 0.4) is 0 Å². The Labute approximate surface area is 159 Å². The Morgan fingerprint density at radius 1 is 1.07 bits per heavy atom. The number of ether oxygens (including phenoxy) is 1. The molecule has 28 heavy (non-hydrogen) atoms. The Morgan fingerprint density at radius 2 is 1.86 bits per heavy atom. The number of rotatable bonds is 7. The Kier molecular flexibility index (Phi) is 5.67. The van der Waals surface area contributed by atoms with Crippen molar-refractivity contribution in [2.24, 2.45) is 0 Å². The average molecular weight is 393 g/mol. The van der Waals surface area contributed by atoms with Crippen molar-refractivity contribution >= 4 is 17.6 Å². The van der Waals surface area contributed by atoms with E-state index in [1.54, 1.807) is 32.2 Å². The molecule has 148 valence electrons. The van der Waals surface area contributed by atoms with Gasteiger partial charge in [0, 0.05) is 5.69 Å². The summed E-state index contributed by atoms with van der Waals surface area (Å²) in [7, 11) is 0. The van der Waals surface area contributed by atoms with E-state index in [1.807, 2.05) is 0 Å². The van der Waals surface area contributed by atoms with Crippen molar-refractivity contribution in [1.29, 1.82) is 0 Å². The smallest absolute Gasteiger partial charge is 0.416 e. The maximum absolute atomic E-state index is 12.9. The van der Waals surface area contributed by atoms with E-state index < -0.39 is 11.7 Å². The van der Waals surface area contributed by atoms with E-state index in [2.05, 4.69) is 25.6 Å². The molecule has 0 bridgehead atoms. The molecule has 0 amide bonds. The maximum atomic E-state index is 12.9. The van der Waals surface area contributed by atoms with Crippen molar-refractivity contribution in [3.8, 4) is 6.01 Å². The lowest BCUT2D eigenvalue weighted by molar-refractivity contribution is -0.137. The highest BCUT2D eigenvalue weighted by molar-refractivity contribution is 5.55. The zero-order valence-corrected chi connectivity index (χ0v) is 15.1. The number of furan rings is 1. The summed E-state index contributed by atoms with van der Waals surface area (Å²) in [6, 6.07) is 8.32. The number of aromatic nitrogens is 3. The third kappa shape index (κ3) is 5.35. The Bertz CT molecular complexity index is 914. The Hall–Kier alpha value is -3.30. The molecule has 3 aromatic rings. The van der Waals surface area contributed by atoms with Gasteiger partial charge in [0.1, 0.15) is 5.76 Å². The van der Waals surface area contributed by atoms with Crippen LogP contribution in [0.15, 0.2) is 47.1 Å². The molecule has 0 unspecified atom stereocenters. The molecule has 1 aromatic carbocycles. The van der Waals surface area contributed by atoms with E-state index >= 15 is 0 Å². The molecule has 0 aliphatic heterocycles. The Balaban J connectivity index is 1.83. The lowest BCUT2D eigenvalue weighted by Crippen LogP contribution is -2.13. The van der Waals surface area contributed by atoms with E-state index in [9.17, 15) is 13.2 Å². The highest BCUT2D eigenvalue weighted by atomic mass is 19.4. The Morgan fingerprint density at radius 3 is 2.54 bits per heavy atom. The first-order chi connectivity index (χ1) is 13.3. The van der Waals surface area contributed by atoms with Gasteiger partial charge in [0.05, 0.1) is 24.5 Å². The number of nitrogens with one attached hydrogen (secondary N) is 2. The van der Waals surface area contributed by atoms with Crippen LogP contribution in [0, 0.1) is 0 Å². The molecule has 0 atom stereocenters. The fraction of sp³-hybridized carbons (Fsp3) is 0.278. The van der Waals surface area contributed by atoms with Crippen LogP contribution in [0.1, 0.15) is 25.2 Å². The first kappa shape index (κ1) is 19.5. The largest absolute Gasteiger partial charge is 0.467 e. The minimum absolute atomic E-state index is 0.0430. The third-order valence-electron chi connectivity index (χ3n) is 3.40. The number of alkyl halides is 3. The van der Waals surface area contributed by atoms with E-state index in [4.69, 9.17) is 9.15 Å². The number of halogens is 3. The first-order valence-electron chi connectivity index (χ1n) is 8.43. The number of hydrogen-bond acceptors (Lipinski definition) is 7. The molecule has 10 heteroatoms. The fourth-order valence-electron chi connectivity index (χ4n) is 2.24. The lowest BCUT2D eigenvalue weighted by Gasteiger charge is -2.13. The predicted octanol–water partition coefficient (Wildman–Crippen LogP) is 4.63. The second-order valence-electron chi connectivity index (χ2n) is 6.07. The van der Waals surface area contributed by atoms with Crippen LogP contribution in [0.5, 0.6) is 6.01 Å². The van der Waals surface area contributed by atoms with Gasteiger partial charge >= 0.3 is 12.2 Å². The van der Waals surface area contributed by atoms with Crippen molar-refractivity contribution in [1.82, 2.24) is 15.0 Å². The van der Waals surface area contributed by atoms with Gasteiger partial charge in [0.2, 0.25) is 11.9 Å². The summed E-state index contributed by atoms with van der Waals surface area (Å²) in [4.78, 5) is 12.4. The van der Waals surface area contributed by atoms with Crippen LogP contribution < -0.4 is 15.4 Å². The number of anilines is 3. The molecule has 3 rings (SSSR count). The average Bonchev–Trinajstić information content (AvgIpc) is 3.12. The molecular weight excluding hydrogens is 375 g/mol. The molecule has 0 saturated heterocycles. The number of hydrogen-bond donors (Lipinski definition) is 2. The molecule has 0 saturated carbocycles. The topological polar surface area (TPSA) is 85.1 Å². The monoisotopic (exact) mass is 393 g/mol. The molecule has 2 aromatic heterocycles. The van der Waals surface area contributed by atoms with Crippen LogP contribution in [-0.4, -0.2) is 21.1 Å². The van der Waals surface area contributed by atoms with Gasteiger partial charge < -0.3 is 19.8 Å². The first-order valence-corrected chi connectivity index (χ1v) is 8.43. The third-order valence-corrected chi connectivity index (χ3v) is 3.40. The second kappa shape index (κ2) is 8.15. The van der Waals surface area contributed by atoms with Crippen LogP contribution in [-0.2, 0) is 12.7 Å². The summed E-state index contributed by atoms with van der Waals surface area (Å²) in [6.07, 6.45) is -3.10. The van der Waals surface area contributed by atoms with Crippen molar-refractivity contribution < 1.29 is 22.3 Å². The zero-order chi connectivity index (χ0) is 20.1. The van der Waals surface area contributed by atoms with Crippen molar-refractivity contribution in [3.05, 3.63) is 54.0 Å². The predicted molar refractivity (Wildman–Crippen MR) is 96.4 cm³/mol. The summed E-state index contributed by atoms with van der Waals surface area (Å²) < 4.78 is 49.5. The molecule has 0 spiro atoms. The van der Waals surface area contributed by atoms with Crippen LogP contribution in [0.4, 0.5) is 30.8 Å². The van der Waals surface area contributed by atoms with E-state index in [0.29, 0.717) is 12.3 Å². The van der Waals surface area contributed by atoms with E-state index in [0.717, 1.165) is 12.1 Å². The maximum Gasteiger partial charge on any atom is 0.416 e. The molecule has 0 aliphatic rings. The molecule has 0 radical (unpaired) electrons. The van der Waals surface area contributed by atoms with Crippen LogP contribution in [0.2, 0.25) is 0 Å². The normalized spacial score (nSPS) is 11.5. The summed E-state index contributed by atoms with van der Waals surface area (Å²) in [5, 5.41) is 5.72. The van der Waals surface area contributed by atoms with Gasteiger partial charge in [-0.25, -0.2) is 0 Å². The number of benzene rings is 1. The SMILES string of the molecule is CC(C)Oc1nc(NCc2ccco2)nc(Nc2cccc(C(F)(F)F)c2)n1. The molecule has 7 nitrogen and oxygen atoms in total. The lowest BCUT2D eigenvalue weighted by atomic mass is 10.2. The zero-order valence-electron chi connectivity index (χ0n) is 15.1. The van der Waals surface area contributed by atoms with Crippen molar-refractivity contribution in [2.75, 3.05) is 10.6 Å². The summed E-state index contributed by atoms with van der Waals surface area (Å²) in [6.45, 7) is 3.93. The van der Waals surface area contributed by atoms with Gasteiger partial charge in [-0.3, -0.25) is 0 Å². The summed E-state index contributed by atoms with van der Waals surface area (Å²) in [5.41, 5.74) is -0.588. The number of nitrogens with zero attached hydrogens (tertiary/aromatic N) is 3. The van der Waals surface area contributed by atoms with Crippen molar-refractivity contribution in [2.45, 2.75) is 32.7 Å². The van der Waals surface area contributed by atoms with Gasteiger partial charge in [-0.15, -0.1) is 0 Å².